The largest absolute Gasteiger partial charge is 0.497 e. The number of carbonyl (C=O) groups excluding carboxylic acids is 1. The van der Waals surface area contributed by atoms with E-state index < -0.39 is 15.7 Å². The molecule has 0 spiro atoms. The van der Waals surface area contributed by atoms with E-state index in [4.69, 9.17) is 4.74 Å². The molecule has 0 unspecified atom stereocenters. The highest BCUT2D eigenvalue weighted by Crippen LogP contribution is 2.23. The number of methoxy groups -OCH3 is 1. The van der Waals surface area contributed by atoms with Crippen LogP contribution in [0.4, 0.5) is 0 Å². The Bertz CT molecular complexity index is 1160. The minimum Gasteiger partial charge on any atom is -0.497 e. The van der Waals surface area contributed by atoms with Gasteiger partial charge in [-0.15, -0.1) is 0 Å². The molecule has 0 radical (unpaired) electrons. The van der Waals surface area contributed by atoms with Crippen molar-refractivity contribution in [1.29, 1.82) is 0 Å². The summed E-state index contributed by atoms with van der Waals surface area (Å²) in [5, 5.41) is 0. The maximum atomic E-state index is 12.7. The van der Waals surface area contributed by atoms with Gasteiger partial charge < -0.3 is 9.30 Å². The molecular formula is C18H18N2O4S2. The van der Waals surface area contributed by atoms with Crippen LogP contribution in [-0.2, 0) is 16.9 Å². The molecule has 136 valence electrons. The minimum absolute atomic E-state index is 0.0154. The zero-order chi connectivity index (χ0) is 18.9. The number of nitrogens with zero attached hydrogens (tertiary/aromatic N) is 2. The van der Waals surface area contributed by atoms with E-state index in [1.165, 1.54) is 23.5 Å². The number of carbonyl (C=O) groups is 1. The lowest BCUT2D eigenvalue weighted by molar-refractivity contribution is 0.0995. The van der Waals surface area contributed by atoms with Crippen molar-refractivity contribution in [1.82, 2.24) is 4.57 Å². The van der Waals surface area contributed by atoms with Crippen LogP contribution in [-0.4, -0.2) is 31.8 Å². The third-order valence-corrected chi connectivity index (χ3v) is 6.93. The first kappa shape index (κ1) is 18.3. The van der Waals surface area contributed by atoms with Gasteiger partial charge in [0.25, 0.3) is 5.91 Å². The Hall–Kier alpha value is -2.45. The van der Waals surface area contributed by atoms with Crippen molar-refractivity contribution in [3.63, 3.8) is 0 Å². The first-order valence-corrected chi connectivity index (χ1v) is 10.4. The second-order valence-corrected chi connectivity index (χ2v) is 8.85. The summed E-state index contributed by atoms with van der Waals surface area (Å²) >= 11 is 1.34. The molecule has 3 aromatic rings. The Kier molecular flexibility index (Phi) is 4.97. The SMILES string of the molecule is CCS(=O)(=O)c1ccccc1C(=O)N=c1sc2cc(OC)ccc2n1C. The lowest BCUT2D eigenvalue weighted by Gasteiger charge is -2.05. The molecule has 1 aromatic heterocycles. The summed E-state index contributed by atoms with van der Waals surface area (Å²) in [5.41, 5.74) is 1.00. The molecular weight excluding hydrogens is 372 g/mol. The molecule has 0 fully saturated rings. The van der Waals surface area contributed by atoms with Gasteiger partial charge in [-0.3, -0.25) is 4.79 Å². The molecule has 6 nitrogen and oxygen atoms in total. The molecule has 26 heavy (non-hydrogen) atoms. The van der Waals surface area contributed by atoms with Gasteiger partial charge in [-0.2, -0.15) is 4.99 Å². The predicted octanol–water partition coefficient (Wildman–Crippen LogP) is 2.78. The van der Waals surface area contributed by atoms with Crippen LogP contribution in [0.5, 0.6) is 5.75 Å². The Morgan fingerprint density at radius 3 is 2.65 bits per heavy atom. The molecule has 0 aliphatic rings. The summed E-state index contributed by atoms with van der Waals surface area (Å²) in [4.78, 5) is 17.4. The van der Waals surface area contributed by atoms with E-state index in [-0.39, 0.29) is 16.2 Å². The smallest absolute Gasteiger partial charge is 0.280 e. The van der Waals surface area contributed by atoms with Crippen LogP contribution in [0.3, 0.4) is 0 Å². The number of sulfone groups is 1. The Morgan fingerprint density at radius 2 is 1.96 bits per heavy atom. The molecule has 8 heteroatoms. The molecule has 1 amide bonds. The lowest BCUT2D eigenvalue weighted by atomic mass is 10.2. The highest BCUT2D eigenvalue weighted by Gasteiger charge is 2.20. The zero-order valence-electron chi connectivity index (χ0n) is 14.6. The van der Waals surface area contributed by atoms with Gasteiger partial charge in [-0.05, 0) is 30.3 Å². The number of fused-ring (bicyclic) bond motifs is 1. The van der Waals surface area contributed by atoms with Crippen LogP contribution in [0, 0.1) is 0 Å². The number of amides is 1. The third-order valence-electron chi connectivity index (χ3n) is 4.05. The second-order valence-electron chi connectivity index (χ2n) is 5.59. The van der Waals surface area contributed by atoms with Crippen LogP contribution < -0.4 is 9.54 Å². The van der Waals surface area contributed by atoms with E-state index in [2.05, 4.69) is 4.99 Å². The summed E-state index contributed by atoms with van der Waals surface area (Å²) in [7, 11) is -0.107. The van der Waals surface area contributed by atoms with E-state index >= 15 is 0 Å². The molecule has 0 saturated carbocycles. The normalized spacial score (nSPS) is 12.5. The van der Waals surface area contributed by atoms with E-state index in [1.807, 2.05) is 25.2 Å². The molecule has 3 rings (SSSR count). The average molecular weight is 390 g/mol. The van der Waals surface area contributed by atoms with Crippen molar-refractivity contribution in [3.8, 4) is 5.75 Å². The van der Waals surface area contributed by atoms with E-state index in [1.54, 1.807) is 30.7 Å². The number of rotatable bonds is 4. The first-order chi connectivity index (χ1) is 12.4. The van der Waals surface area contributed by atoms with Crippen LogP contribution in [0.25, 0.3) is 10.2 Å². The molecule has 1 heterocycles. The van der Waals surface area contributed by atoms with Gasteiger partial charge in [0.1, 0.15) is 5.75 Å². The van der Waals surface area contributed by atoms with Crippen LogP contribution in [0.1, 0.15) is 17.3 Å². The summed E-state index contributed by atoms with van der Waals surface area (Å²) < 4.78 is 32.4. The topological polar surface area (TPSA) is 77.7 Å². The van der Waals surface area contributed by atoms with Gasteiger partial charge in [-0.1, -0.05) is 30.4 Å². The fourth-order valence-corrected chi connectivity index (χ4v) is 4.70. The lowest BCUT2D eigenvalue weighted by Crippen LogP contribution is -2.15. The van der Waals surface area contributed by atoms with E-state index in [0.717, 1.165) is 16.0 Å². The first-order valence-electron chi connectivity index (χ1n) is 7.92. The molecule has 0 aliphatic heterocycles. The number of thiazole rings is 1. The van der Waals surface area contributed by atoms with Gasteiger partial charge in [0.15, 0.2) is 14.6 Å². The highest BCUT2D eigenvalue weighted by atomic mass is 32.2. The molecule has 0 atom stereocenters. The standard InChI is InChI=1S/C18H18N2O4S2/c1-4-26(22,23)16-8-6-5-7-13(16)17(21)19-18-20(2)14-10-9-12(24-3)11-15(14)25-18/h5-11H,4H2,1-3H3. The van der Waals surface area contributed by atoms with E-state index in [0.29, 0.717) is 4.80 Å². The van der Waals surface area contributed by atoms with Gasteiger partial charge in [0, 0.05) is 7.05 Å². The Balaban J connectivity index is 2.14. The fraction of sp³-hybridized carbons (Fsp3) is 0.222. The van der Waals surface area contributed by atoms with Crippen molar-refractivity contribution in [2.75, 3.05) is 12.9 Å². The molecule has 0 N–H and O–H groups in total. The van der Waals surface area contributed by atoms with Crippen molar-refractivity contribution >= 4 is 37.3 Å². The summed E-state index contributed by atoms with van der Waals surface area (Å²) in [6, 6.07) is 11.8. The summed E-state index contributed by atoms with van der Waals surface area (Å²) in [6.45, 7) is 1.55. The predicted molar refractivity (Wildman–Crippen MR) is 101 cm³/mol. The van der Waals surface area contributed by atoms with Crippen molar-refractivity contribution in [2.24, 2.45) is 12.0 Å². The molecule has 0 saturated heterocycles. The number of aryl methyl sites for hydroxylation is 1. The fourth-order valence-electron chi connectivity index (χ4n) is 2.57. The van der Waals surface area contributed by atoms with Crippen LogP contribution in [0.2, 0.25) is 0 Å². The third kappa shape index (κ3) is 3.30. The second kappa shape index (κ2) is 7.05. The Labute approximate surface area is 155 Å². The van der Waals surface area contributed by atoms with Gasteiger partial charge >= 0.3 is 0 Å². The van der Waals surface area contributed by atoms with Crippen molar-refractivity contribution in [2.45, 2.75) is 11.8 Å². The van der Waals surface area contributed by atoms with Gasteiger partial charge in [0.05, 0.1) is 33.5 Å². The number of aromatic nitrogens is 1. The van der Waals surface area contributed by atoms with Crippen LogP contribution >= 0.6 is 11.3 Å². The molecule has 2 aromatic carbocycles. The van der Waals surface area contributed by atoms with E-state index in [9.17, 15) is 13.2 Å². The maximum Gasteiger partial charge on any atom is 0.280 e. The Morgan fingerprint density at radius 1 is 1.23 bits per heavy atom. The number of hydrogen-bond acceptors (Lipinski definition) is 5. The van der Waals surface area contributed by atoms with Gasteiger partial charge in [-0.25, -0.2) is 8.42 Å². The van der Waals surface area contributed by atoms with Gasteiger partial charge in [0.2, 0.25) is 0 Å². The summed E-state index contributed by atoms with van der Waals surface area (Å²) in [6.07, 6.45) is 0. The number of benzene rings is 2. The zero-order valence-corrected chi connectivity index (χ0v) is 16.2. The quantitative estimate of drug-likeness (QED) is 0.686. The highest BCUT2D eigenvalue weighted by molar-refractivity contribution is 7.91. The average Bonchev–Trinajstić information content (AvgIpc) is 2.96. The van der Waals surface area contributed by atoms with Crippen LogP contribution in [0.15, 0.2) is 52.4 Å². The van der Waals surface area contributed by atoms with Crippen molar-refractivity contribution in [3.05, 3.63) is 52.8 Å². The molecule has 0 bridgehead atoms. The summed E-state index contributed by atoms with van der Waals surface area (Å²) in [5.74, 6) is 0.0664. The minimum atomic E-state index is -3.51. The molecule has 0 aliphatic carbocycles. The number of ether oxygens (including phenoxy) is 1. The van der Waals surface area contributed by atoms with Crippen molar-refractivity contribution < 1.29 is 17.9 Å². The number of hydrogen-bond donors (Lipinski definition) is 0. The maximum absolute atomic E-state index is 12.7. The monoisotopic (exact) mass is 390 g/mol.